The Morgan fingerprint density at radius 3 is 3.06 bits per heavy atom. The zero-order chi connectivity index (χ0) is 12.3. The molecule has 0 spiro atoms. The average molecular weight is 246 g/mol. The van der Waals surface area contributed by atoms with Gasteiger partial charge in [0, 0.05) is 19.7 Å². The first-order chi connectivity index (χ1) is 8.66. The lowest BCUT2D eigenvalue weighted by Crippen LogP contribution is -2.43. The Balaban J connectivity index is 1.58. The fourth-order valence-corrected chi connectivity index (χ4v) is 5.31. The van der Waals surface area contributed by atoms with Crippen molar-refractivity contribution in [2.24, 2.45) is 30.7 Å². The molecule has 0 aliphatic heterocycles. The number of hydrogen-bond donors (Lipinski definition) is 1. The van der Waals surface area contributed by atoms with Crippen molar-refractivity contribution in [3.8, 4) is 0 Å². The second kappa shape index (κ2) is 3.60. The second-order valence-corrected chi connectivity index (χ2v) is 6.83. The van der Waals surface area contributed by atoms with Crippen LogP contribution in [-0.2, 0) is 13.5 Å². The molecule has 1 aromatic rings. The third kappa shape index (κ3) is 1.43. The van der Waals surface area contributed by atoms with Crippen molar-refractivity contribution in [3.05, 3.63) is 18.0 Å². The quantitative estimate of drug-likeness (QED) is 0.868. The van der Waals surface area contributed by atoms with Gasteiger partial charge in [0.25, 0.3) is 0 Å². The average Bonchev–Trinajstić information content (AvgIpc) is 2.99. The molecule has 3 nitrogen and oxygen atoms in total. The predicted octanol–water partition coefficient (Wildman–Crippen LogP) is 2.15. The van der Waals surface area contributed by atoms with Gasteiger partial charge in [-0.1, -0.05) is 6.42 Å². The van der Waals surface area contributed by atoms with E-state index in [0.29, 0.717) is 5.92 Å². The van der Waals surface area contributed by atoms with Gasteiger partial charge < -0.3 is 5.11 Å². The van der Waals surface area contributed by atoms with Gasteiger partial charge in [0.15, 0.2) is 0 Å². The Bertz CT molecular complexity index is 469. The highest BCUT2D eigenvalue weighted by Crippen LogP contribution is 2.62. The molecule has 3 heteroatoms. The molecule has 18 heavy (non-hydrogen) atoms. The van der Waals surface area contributed by atoms with Crippen molar-refractivity contribution in [3.63, 3.8) is 0 Å². The van der Waals surface area contributed by atoms with Crippen molar-refractivity contribution < 1.29 is 5.11 Å². The molecule has 1 aromatic heterocycles. The van der Waals surface area contributed by atoms with Crippen molar-refractivity contribution in [2.45, 2.75) is 44.1 Å². The predicted molar refractivity (Wildman–Crippen MR) is 68.9 cm³/mol. The first kappa shape index (κ1) is 11.0. The standard InChI is InChI=1S/C15H22N2O/c1-17-6-5-11(16-17)9-15(18)8-10-7-14(15)13-4-2-3-12(10)13/h5-6,10,12-14,18H,2-4,7-9H2,1H3. The molecule has 3 aliphatic carbocycles. The van der Waals surface area contributed by atoms with E-state index in [9.17, 15) is 5.11 Å². The first-order valence-corrected chi connectivity index (χ1v) is 7.37. The summed E-state index contributed by atoms with van der Waals surface area (Å²) in [6.07, 6.45) is 9.21. The summed E-state index contributed by atoms with van der Waals surface area (Å²) in [4.78, 5) is 0. The molecule has 0 radical (unpaired) electrons. The van der Waals surface area contributed by atoms with Crippen molar-refractivity contribution >= 4 is 0 Å². The first-order valence-electron chi connectivity index (χ1n) is 7.37. The van der Waals surface area contributed by atoms with Crippen LogP contribution in [0.4, 0.5) is 0 Å². The number of rotatable bonds is 2. The topological polar surface area (TPSA) is 38.0 Å². The van der Waals surface area contributed by atoms with E-state index in [2.05, 4.69) is 11.2 Å². The van der Waals surface area contributed by atoms with Gasteiger partial charge in [-0.15, -0.1) is 0 Å². The Kier molecular flexibility index (Phi) is 2.20. The van der Waals surface area contributed by atoms with E-state index in [0.717, 1.165) is 36.3 Å². The summed E-state index contributed by atoms with van der Waals surface area (Å²) in [6.45, 7) is 0. The van der Waals surface area contributed by atoms with E-state index < -0.39 is 5.60 Å². The SMILES string of the molecule is Cn1ccc(CC2(O)CC3CC2C2CCCC32)n1. The summed E-state index contributed by atoms with van der Waals surface area (Å²) in [6, 6.07) is 2.05. The van der Waals surface area contributed by atoms with E-state index in [1.54, 1.807) is 0 Å². The van der Waals surface area contributed by atoms with Crippen LogP contribution >= 0.6 is 0 Å². The van der Waals surface area contributed by atoms with Gasteiger partial charge in [0.05, 0.1) is 11.3 Å². The Morgan fingerprint density at radius 2 is 2.28 bits per heavy atom. The van der Waals surface area contributed by atoms with E-state index in [4.69, 9.17) is 0 Å². The summed E-state index contributed by atoms with van der Waals surface area (Å²) in [5.74, 6) is 3.12. The number of aryl methyl sites for hydroxylation is 1. The summed E-state index contributed by atoms with van der Waals surface area (Å²) in [5.41, 5.74) is 0.604. The zero-order valence-corrected chi connectivity index (χ0v) is 11.0. The molecule has 3 fully saturated rings. The minimum atomic E-state index is -0.454. The van der Waals surface area contributed by atoms with Gasteiger partial charge in [-0.25, -0.2) is 0 Å². The minimum Gasteiger partial charge on any atom is -0.389 e. The van der Waals surface area contributed by atoms with Crippen molar-refractivity contribution in [1.82, 2.24) is 9.78 Å². The van der Waals surface area contributed by atoms with Gasteiger partial charge in [-0.05, 0) is 55.4 Å². The molecule has 3 saturated carbocycles. The molecule has 0 amide bonds. The molecular formula is C15H22N2O. The lowest BCUT2D eigenvalue weighted by atomic mass is 9.71. The van der Waals surface area contributed by atoms with Gasteiger partial charge in [-0.3, -0.25) is 4.68 Å². The Morgan fingerprint density at radius 1 is 1.44 bits per heavy atom. The molecule has 0 aromatic carbocycles. The maximum absolute atomic E-state index is 11.0. The van der Waals surface area contributed by atoms with E-state index in [1.807, 2.05) is 17.9 Å². The second-order valence-electron chi connectivity index (χ2n) is 6.83. The summed E-state index contributed by atoms with van der Waals surface area (Å²) < 4.78 is 1.84. The van der Waals surface area contributed by atoms with Crippen molar-refractivity contribution in [1.29, 1.82) is 0 Å². The van der Waals surface area contributed by atoms with Crippen LogP contribution in [0.15, 0.2) is 12.3 Å². The van der Waals surface area contributed by atoms with Crippen LogP contribution in [0.1, 0.15) is 37.8 Å². The number of aromatic nitrogens is 2. The highest BCUT2D eigenvalue weighted by atomic mass is 16.3. The third-order valence-electron chi connectivity index (χ3n) is 5.87. The molecule has 4 rings (SSSR count). The number of fused-ring (bicyclic) bond motifs is 5. The molecule has 3 aliphatic rings. The van der Waals surface area contributed by atoms with Crippen LogP contribution < -0.4 is 0 Å². The van der Waals surface area contributed by atoms with Gasteiger partial charge >= 0.3 is 0 Å². The molecule has 1 N–H and O–H groups in total. The number of nitrogens with zero attached hydrogens (tertiary/aromatic N) is 2. The van der Waals surface area contributed by atoms with E-state index >= 15 is 0 Å². The van der Waals surface area contributed by atoms with E-state index in [-0.39, 0.29) is 0 Å². The number of hydrogen-bond acceptors (Lipinski definition) is 2. The van der Waals surface area contributed by atoms with Crippen LogP contribution in [0, 0.1) is 23.7 Å². The highest BCUT2D eigenvalue weighted by molar-refractivity contribution is 5.15. The molecule has 5 unspecified atom stereocenters. The maximum Gasteiger partial charge on any atom is 0.0737 e. The monoisotopic (exact) mass is 246 g/mol. The lowest BCUT2D eigenvalue weighted by Gasteiger charge is -2.38. The number of aliphatic hydroxyl groups is 1. The summed E-state index contributed by atoms with van der Waals surface area (Å²) >= 11 is 0. The van der Waals surface area contributed by atoms with Crippen LogP contribution in [-0.4, -0.2) is 20.5 Å². The molecule has 1 heterocycles. The fourth-order valence-electron chi connectivity index (χ4n) is 5.31. The minimum absolute atomic E-state index is 0.454. The Hall–Kier alpha value is -0.830. The van der Waals surface area contributed by atoms with Crippen LogP contribution in [0.25, 0.3) is 0 Å². The summed E-state index contributed by atoms with van der Waals surface area (Å²) in [7, 11) is 1.95. The molecule has 0 saturated heterocycles. The maximum atomic E-state index is 11.0. The molecule has 2 bridgehead atoms. The van der Waals surface area contributed by atoms with Crippen LogP contribution in [0.2, 0.25) is 0 Å². The van der Waals surface area contributed by atoms with Crippen molar-refractivity contribution in [2.75, 3.05) is 0 Å². The summed E-state index contributed by atoms with van der Waals surface area (Å²) in [5, 5.41) is 15.5. The van der Waals surface area contributed by atoms with E-state index in [1.165, 1.54) is 25.7 Å². The molecule has 98 valence electrons. The molecular weight excluding hydrogens is 224 g/mol. The highest BCUT2D eigenvalue weighted by Gasteiger charge is 2.60. The fraction of sp³-hybridized carbons (Fsp3) is 0.800. The van der Waals surface area contributed by atoms with Crippen LogP contribution in [0.3, 0.4) is 0 Å². The third-order valence-corrected chi connectivity index (χ3v) is 5.87. The zero-order valence-electron chi connectivity index (χ0n) is 11.0. The van der Waals surface area contributed by atoms with Gasteiger partial charge in [0.2, 0.25) is 0 Å². The van der Waals surface area contributed by atoms with Crippen LogP contribution in [0.5, 0.6) is 0 Å². The smallest absolute Gasteiger partial charge is 0.0737 e. The van der Waals surface area contributed by atoms with Gasteiger partial charge in [0.1, 0.15) is 0 Å². The Labute approximate surface area is 108 Å². The largest absolute Gasteiger partial charge is 0.389 e. The molecule has 5 atom stereocenters. The lowest BCUT2D eigenvalue weighted by molar-refractivity contribution is -0.0457. The normalized spacial score (nSPS) is 45.7. The van der Waals surface area contributed by atoms with Gasteiger partial charge in [-0.2, -0.15) is 5.10 Å².